The van der Waals surface area contributed by atoms with E-state index in [0.29, 0.717) is 32.8 Å². The van der Waals surface area contributed by atoms with Gasteiger partial charge in [0, 0.05) is 38.5 Å². The number of halogens is 4. The first-order valence-corrected chi connectivity index (χ1v) is 9.41. The Kier molecular flexibility index (Phi) is 6.47. The van der Waals surface area contributed by atoms with Crippen LogP contribution in [0.2, 0.25) is 5.02 Å². The van der Waals surface area contributed by atoms with E-state index in [4.69, 9.17) is 16.3 Å². The maximum absolute atomic E-state index is 12.9. The summed E-state index contributed by atoms with van der Waals surface area (Å²) >= 11 is 5.58. The van der Waals surface area contributed by atoms with Crippen molar-refractivity contribution >= 4 is 29.1 Å². The summed E-state index contributed by atoms with van der Waals surface area (Å²) in [6.45, 7) is 2.65. The third-order valence-corrected chi connectivity index (χ3v) is 5.14. The molecule has 0 saturated carbocycles. The number of hydrogen-bond acceptors (Lipinski definition) is 4. The van der Waals surface area contributed by atoms with Gasteiger partial charge in [-0.15, -0.1) is 0 Å². The van der Waals surface area contributed by atoms with E-state index in [9.17, 15) is 22.8 Å². The Morgan fingerprint density at radius 1 is 1.21 bits per heavy atom. The Labute approximate surface area is 165 Å². The van der Waals surface area contributed by atoms with Gasteiger partial charge in [0.1, 0.15) is 6.10 Å². The third-order valence-electron chi connectivity index (χ3n) is 4.81. The molecule has 6 nitrogen and oxygen atoms in total. The predicted molar refractivity (Wildman–Crippen MR) is 97.1 cm³/mol. The number of ether oxygens (including phenoxy) is 1. The lowest BCUT2D eigenvalue weighted by atomic mass is 10.2. The number of hydrogen-bond donors (Lipinski definition) is 1. The van der Waals surface area contributed by atoms with Crippen molar-refractivity contribution in [1.82, 2.24) is 9.80 Å². The van der Waals surface area contributed by atoms with Gasteiger partial charge in [0.05, 0.1) is 17.1 Å². The summed E-state index contributed by atoms with van der Waals surface area (Å²) in [5, 5.41) is 2.05. The van der Waals surface area contributed by atoms with Gasteiger partial charge >= 0.3 is 6.18 Å². The van der Waals surface area contributed by atoms with Gasteiger partial charge in [0.15, 0.2) is 0 Å². The summed E-state index contributed by atoms with van der Waals surface area (Å²) in [4.78, 5) is 28.1. The van der Waals surface area contributed by atoms with E-state index >= 15 is 0 Å². The highest BCUT2D eigenvalue weighted by Gasteiger charge is 2.34. The molecule has 154 valence electrons. The molecule has 0 bridgehead atoms. The monoisotopic (exact) mass is 419 g/mol. The van der Waals surface area contributed by atoms with Crippen LogP contribution in [0.25, 0.3) is 0 Å². The highest BCUT2D eigenvalue weighted by atomic mass is 35.5. The van der Waals surface area contributed by atoms with Gasteiger partial charge in [-0.3, -0.25) is 14.5 Å². The molecule has 1 atom stereocenters. The topological polar surface area (TPSA) is 61.9 Å². The first kappa shape index (κ1) is 20.9. The van der Waals surface area contributed by atoms with E-state index in [1.54, 1.807) is 4.90 Å². The van der Waals surface area contributed by atoms with Crippen LogP contribution in [-0.2, 0) is 20.5 Å². The maximum atomic E-state index is 12.9. The van der Waals surface area contributed by atoms with E-state index in [-0.39, 0.29) is 24.2 Å². The summed E-state index contributed by atoms with van der Waals surface area (Å²) < 4.78 is 44.1. The summed E-state index contributed by atoms with van der Waals surface area (Å²) in [7, 11) is 0. The molecule has 2 amide bonds. The molecular formula is C18H21ClF3N3O3. The van der Waals surface area contributed by atoms with Crippen LogP contribution < -0.4 is 5.32 Å². The molecule has 2 fully saturated rings. The smallest absolute Gasteiger partial charge is 0.368 e. The molecule has 3 rings (SSSR count). The zero-order valence-corrected chi connectivity index (χ0v) is 15.9. The van der Waals surface area contributed by atoms with Gasteiger partial charge in [-0.1, -0.05) is 11.6 Å². The summed E-state index contributed by atoms with van der Waals surface area (Å²) in [6, 6.07) is 3.25. The number of carbonyl (C=O) groups excluding carboxylic acids is 2. The van der Waals surface area contributed by atoms with Gasteiger partial charge in [-0.25, -0.2) is 0 Å². The van der Waals surface area contributed by atoms with E-state index in [2.05, 4.69) is 5.32 Å². The Morgan fingerprint density at radius 3 is 2.54 bits per heavy atom. The average Bonchev–Trinajstić information content (AvgIpc) is 3.17. The molecule has 2 heterocycles. The molecule has 1 aromatic carbocycles. The molecule has 1 unspecified atom stereocenters. The second kappa shape index (κ2) is 8.67. The third kappa shape index (κ3) is 5.15. The lowest BCUT2D eigenvalue weighted by Gasteiger charge is -2.35. The lowest BCUT2D eigenvalue weighted by Crippen LogP contribution is -2.52. The minimum Gasteiger partial charge on any atom is -0.368 e. The largest absolute Gasteiger partial charge is 0.417 e. The molecule has 28 heavy (non-hydrogen) atoms. The van der Waals surface area contributed by atoms with Crippen LogP contribution in [0.1, 0.15) is 18.4 Å². The fraction of sp³-hybridized carbons (Fsp3) is 0.556. The van der Waals surface area contributed by atoms with Crippen molar-refractivity contribution in [2.45, 2.75) is 25.1 Å². The number of amides is 2. The quantitative estimate of drug-likeness (QED) is 0.815. The predicted octanol–water partition coefficient (Wildman–Crippen LogP) is 2.62. The van der Waals surface area contributed by atoms with Crippen molar-refractivity contribution < 1.29 is 27.5 Å². The zero-order chi connectivity index (χ0) is 20.3. The Bertz CT molecular complexity index is 731. The van der Waals surface area contributed by atoms with Gasteiger partial charge in [-0.2, -0.15) is 13.2 Å². The molecule has 1 aromatic rings. The van der Waals surface area contributed by atoms with Crippen LogP contribution in [0.4, 0.5) is 18.9 Å². The molecule has 10 heteroatoms. The van der Waals surface area contributed by atoms with Crippen molar-refractivity contribution in [3.05, 3.63) is 28.8 Å². The number of carbonyl (C=O) groups is 2. The van der Waals surface area contributed by atoms with E-state index < -0.39 is 22.7 Å². The summed E-state index contributed by atoms with van der Waals surface area (Å²) in [6.07, 6.45) is -3.33. The second-order valence-corrected chi connectivity index (χ2v) is 7.25. The number of rotatable bonds is 4. The molecule has 2 aliphatic heterocycles. The number of benzene rings is 1. The average molecular weight is 420 g/mol. The van der Waals surface area contributed by atoms with E-state index in [1.165, 1.54) is 6.07 Å². The van der Waals surface area contributed by atoms with Crippen molar-refractivity contribution in [2.24, 2.45) is 0 Å². The standard InChI is InChI=1S/C18H21ClF3N3O3/c19-14-4-3-12(10-13(14)18(20,21)22)23-16(26)11-24-5-7-25(8-6-24)17(27)15-2-1-9-28-15/h3-4,10,15H,1-2,5-9,11H2,(H,23,26). The van der Waals surface area contributed by atoms with Crippen LogP contribution in [0, 0.1) is 0 Å². The van der Waals surface area contributed by atoms with Crippen LogP contribution >= 0.6 is 11.6 Å². The normalized spacial score (nSPS) is 21.0. The zero-order valence-electron chi connectivity index (χ0n) is 15.1. The van der Waals surface area contributed by atoms with Gasteiger partial charge in [0.2, 0.25) is 5.91 Å². The molecule has 0 aromatic heterocycles. The highest BCUT2D eigenvalue weighted by molar-refractivity contribution is 6.31. The van der Waals surface area contributed by atoms with Crippen LogP contribution in [0.15, 0.2) is 18.2 Å². The molecule has 0 aliphatic carbocycles. The SMILES string of the molecule is O=C(CN1CCN(C(=O)C2CCCO2)CC1)Nc1ccc(Cl)c(C(F)(F)F)c1. The van der Waals surface area contributed by atoms with Gasteiger partial charge in [0.25, 0.3) is 5.91 Å². The Balaban J connectivity index is 1.49. The summed E-state index contributed by atoms with van der Waals surface area (Å²) in [5.41, 5.74) is -0.956. The fourth-order valence-corrected chi connectivity index (χ4v) is 3.55. The lowest BCUT2D eigenvalue weighted by molar-refractivity contribution is -0.142. The molecule has 2 saturated heterocycles. The van der Waals surface area contributed by atoms with E-state index in [1.807, 2.05) is 4.90 Å². The second-order valence-electron chi connectivity index (χ2n) is 6.84. The Hall–Kier alpha value is -1.84. The van der Waals surface area contributed by atoms with Gasteiger partial charge < -0.3 is 15.0 Å². The fourth-order valence-electron chi connectivity index (χ4n) is 3.33. The first-order valence-electron chi connectivity index (χ1n) is 9.03. The molecular weight excluding hydrogens is 399 g/mol. The van der Waals surface area contributed by atoms with Crippen LogP contribution in [0.3, 0.4) is 0 Å². The van der Waals surface area contributed by atoms with Crippen molar-refractivity contribution in [1.29, 1.82) is 0 Å². The number of piperazine rings is 1. The van der Waals surface area contributed by atoms with Crippen molar-refractivity contribution in [3.63, 3.8) is 0 Å². The molecule has 2 aliphatic rings. The van der Waals surface area contributed by atoms with E-state index in [0.717, 1.165) is 25.0 Å². The number of nitrogens with one attached hydrogen (secondary N) is 1. The first-order chi connectivity index (χ1) is 13.2. The number of anilines is 1. The number of nitrogens with zero attached hydrogens (tertiary/aromatic N) is 2. The Morgan fingerprint density at radius 2 is 1.93 bits per heavy atom. The number of alkyl halides is 3. The van der Waals surface area contributed by atoms with Crippen LogP contribution in [-0.4, -0.2) is 67.0 Å². The summed E-state index contributed by atoms with van der Waals surface area (Å²) in [5.74, 6) is -0.434. The minimum absolute atomic E-state index is 0.0116. The maximum Gasteiger partial charge on any atom is 0.417 e. The molecule has 0 radical (unpaired) electrons. The molecule has 1 N–H and O–H groups in total. The van der Waals surface area contributed by atoms with Crippen LogP contribution in [0.5, 0.6) is 0 Å². The van der Waals surface area contributed by atoms with Crippen molar-refractivity contribution in [3.8, 4) is 0 Å². The molecule has 0 spiro atoms. The highest BCUT2D eigenvalue weighted by Crippen LogP contribution is 2.36. The van der Waals surface area contributed by atoms with Crippen molar-refractivity contribution in [2.75, 3.05) is 44.6 Å². The minimum atomic E-state index is -4.59. The van der Waals surface area contributed by atoms with Gasteiger partial charge in [-0.05, 0) is 31.0 Å².